The summed E-state index contributed by atoms with van der Waals surface area (Å²) in [5, 5.41) is 0.441. The molecule has 20 heavy (non-hydrogen) atoms. The smallest absolute Gasteiger partial charge is 0.124 e. The van der Waals surface area contributed by atoms with Crippen LogP contribution in [0.4, 0.5) is 4.39 Å². The third-order valence-electron chi connectivity index (χ3n) is 3.51. The zero-order valence-electron chi connectivity index (χ0n) is 12.7. The molecule has 5 heteroatoms. The van der Waals surface area contributed by atoms with E-state index in [-0.39, 0.29) is 11.9 Å². The first kappa shape index (κ1) is 17.4. The molecule has 1 aromatic carbocycles. The van der Waals surface area contributed by atoms with Gasteiger partial charge in [0.15, 0.2) is 0 Å². The lowest BCUT2D eigenvalue weighted by Gasteiger charge is -2.37. The number of hydrogen-bond donors (Lipinski definition) is 1. The van der Waals surface area contributed by atoms with Crippen molar-refractivity contribution in [2.45, 2.75) is 25.9 Å². The molecule has 0 aliphatic rings. The van der Waals surface area contributed by atoms with Crippen LogP contribution < -0.4 is 5.73 Å². The Labute approximate surface area is 126 Å². The minimum absolute atomic E-state index is 0.00282. The van der Waals surface area contributed by atoms with Gasteiger partial charge in [-0.1, -0.05) is 24.6 Å². The van der Waals surface area contributed by atoms with Crippen LogP contribution in [0, 0.1) is 5.82 Å². The molecule has 2 unspecified atom stereocenters. The third kappa shape index (κ3) is 4.42. The van der Waals surface area contributed by atoms with Crippen molar-refractivity contribution in [3.63, 3.8) is 0 Å². The minimum atomic E-state index is -0.320. The Bertz CT molecular complexity index is 426. The second-order valence-corrected chi connectivity index (χ2v) is 5.77. The van der Waals surface area contributed by atoms with Crippen molar-refractivity contribution in [2.24, 2.45) is 5.73 Å². The van der Waals surface area contributed by atoms with Crippen LogP contribution in [0.2, 0.25) is 5.02 Å². The van der Waals surface area contributed by atoms with Crippen molar-refractivity contribution in [2.75, 3.05) is 33.7 Å². The highest BCUT2D eigenvalue weighted by Crippen LogP contribution is 2.29. The molecule has 0 radical (unpaired) electrons. The summed E-state index contributed by atoms with van der Waals surface area (Å²) >= 11 is 6.18. The van der Waals surface area contributed by atoms with Gasteiger partial charge >= 0.3 is 0 Å². The Hall–Kier alpha value is -0.680. The summed E-state index contributed by atoms with van der Waals surface area (Å²) in [6, 6.07) is 4.87. The van der Waals surface area contributed by atoms with E-state index < -0.39 is 0 Å². The number of nitrogens with two attached hydrogens (primary N) is 1. The van der Waals surface area contributed by atoms with E-state index in [0.717, 1.165) is 18.7 Å². The molecule has 0 heterocycles. The summed E-state index contributed by atoms with van der Waals surface area (Å²) in [4.78, 5) is 4.45. The van der Waals surface area contributed by atoms with Crippen LogP contribution in [0.25, 0.3) is 0 Å². The highest BCUT2D eigenvalue weighted by molar-refractivity contribution is 6.31. The van der Waals surface area contributed by atoms with Gasteiger partial charge in [-0.3, -0.25) is 4.90 Å². The summed E-state index contributed by atoms with van der Waals surface area (Å²) in [7, 11) is 4.10. The van der Waals surface area contributed by atoms with Gasteiger partial charge in [-0.15, -0.1) is 0 Å². The summed E-state index contributed by atoms with van der Waals surface area (Å²) < 4.78 is 13.2. The zero-order valence-corrected chi connectivity index (χ0v) is 13.5. The SMILES string of the molecule is CCN(C(C)CN(C)C)C(CN)c1ccc(F)cc1Cl. The molecule has 0 aliphatic heterocycles. The van der Waals surface area contributed by atoms with E-state index in [0.29, 0.717) is 17.6 Å². The average molecular weight is 302 g/mol. The fraction of sp³-hybridized carbons (Fsp3) is 0.600. The van der Waals surface area contributed by atoms with E-state index in [1.165, 1.54) is 12.1 Å². The van der Waals surface area contributed by atoms with Crippen molar-refractivity contribution >= 4 is 11.6 Å². The molecule has 114 valence electrons. The first-order chi connectivity index (χ1) is 9.40. The highest BCUT2D eigenvalue weighted by Gasteiger charge is 2.24. The lowest BCUT2D eigenvalue weighted by atomic mass is 10.0. The van der Waals surface area contributed by atoms with Gasteiger partial charge in [-0.2, -0.15) is 0 Å². The maximum absolute atomic E-state index is 13.2. The van der Waals surface area contributed by atoms with Gasteiger partial charge in [0.2, 0.25) is 0 Å². The van der Waals surface area contributed by atoms with Crippen LogP contribution in [0.5, 0.6) is 0 Å². The van der Waals surface area contributed by atoms with E-state index >= 15 is 0 Å². The fourth-order valence-corrected chi connectivity index (χ4v) is 2.98. The zero-order chi connectivity index (χ0) is 15.3. The van der Waals surface area contributed by atoms with E-state index in [2.05, 4.69) is 23.6 Å². The number of hydrogen-bond acceptors (Lipinski definition) is 3. The molecule has 1 aromatic rings. The first-order valence-corrected chi connectivity index (χ1v) is 7.34. The molecule has 2 N–H and O–H groups in total. The van der Waals surface area contributed by atoms with Crippen molar-refractivity contribution in [1.29, 1.82) is 0 Å². The molecule has 0 amide bonds. The van der Waals surface area contributed by atoms with Crippen LogP contribution in [-0.2, 0) is 0 Å². The van der Waals surface area contributed by atoms with Gasteiger partial charge < -0.3 is 10.6 Å². The molecule has 0 saturated heterocycles. The van der Waals surface area contributed by atoms with Gasteiger partial charge in [-0.25, -0.2) is 4.39 Å². The Morgan fingerprint density at radius 1 is 1.35 bits per heavy atom. The van der Waals surface area contributed by atoms with Gasteiger partial charge in [0.1, 0.15) is 5.82 Å². The standard InChI is InChI=1S/C15H25ClFN3/c1-5-20(11(2)10-19(3)4)15(9-18)13-7-6-12(17)8-14(13)16/h6-8,11,15H,5,9-10,18H2,1-4H3. The molecule has 0 aliphatic carbocycles. The average Bonchev–Trinajstić information content (AvgIpc) is 2.35. The Kier molecular flexibility index (Phi) is 6.89. The number of nitrogens with zero attached hydrogens (tertiary/aromatic N) is 2. The molecule has 2 atom stereocenters. The second kappa shape index (κ2) is 7.93. The molecule has 1 rings (SSSR count). The quantitative estimate of drug-likeness (QED) is 0.840. The largest absolute Gasteiger partial charge is 0.329 e. The Morgan fingerprint density at radius 2 is 2.00 bits per heavy atom. The van der Waals surface area contributed by atoms with Crippen molar-refractivity contribution in [3.8, 4) is 0 Å². The monoisotopic (exact) mass is 301 g/mol. The van der Waals surface area contributed by atoms with E-state index in [9.17, 15) is 4.39 Å². The summed E-state index contributed by atoms with van der Waals surface area (Å²) in [6.45, 7) is 6.53. The number of halogens is 2. The van der Waals surface area contributed by atoms with Crippen LogP contribution >= 0.6 is 11.6 Å². The minimum Gasteiger partial charge on any atom is -0.329 e. The van der Waals surface area contributed by atoms with Crippen molar-refractivity contribution in [3.05, 3.63) is 34.6 Å². The molecule has 0 spiro atoms. The topological polar surface area (TPSA) is 32.5 Å². The maximum atomic E-state index is 13.2. The molecule has 0 aromatic heterocycles. The van der Waals surface area contributed by atoms with E-state index in [4.69, 9.17) is 17.3 Å². The Balaban J connectivity index is 3.02. The lowest BCUT2D eigenvalue weighted by Crippen LogP contribution is -2.44. The van der Waals surface area contributed by atoms with Gasteiger partial charge in [-0.05, 0) is 45.3 Å². The van der Waals surface area contributed by atoms with E-state index in [1.54, 1.807) is 6.07 Å². The predicted octanol–water partition coefficient (Wildman–Crippen LogP) is 2.75. The van der Waals surface area contributed by atoms with Gasteiger partial charge in [0.25, 0.3) is 0 Å². The highest BCUT2D eigenvalue weighted by atomic mass is 35.5. The molecule has 0 saturated carbocycles. The first-order valence-electron chi connectivity index (χ1n) is 6.96. The van der Waals surface area contributed by atoms with Gasteiger partial charge in [0.05, 0.1) is 0 Å². The number of rotatable bonds is 7. The summed E-state index contributed by atoms with van der Waals surface area (Å²) in [5.74, 6) is -0.320. The molecular formula is C15H25ClFN3. The number of benzene rings is 1. The second-order valence-electron chi connectivity index (χ2n) is 5.36. The maximum Gasteiger partial charge on any atom is 0.124 e. The van der Waals surface area contributed by atoms with Crippen molar-refractivity contribution in [1.82, 2.24) is 9.80 Å². The molecule has 0 fully saturated rings. The summed E-state index contributed by atoms with van der Waals surface area (Å²) in [6.07, 6.45) is 0. The third-order valence-corrected chi connectivity index (χ3v) is 3.83. The van der Waals surface area contributed by atoms with Crippen LogP contribution in [-0.4, -0.2) is 49.6 Å². The summed E-state index contributed by atoms with van der Waals surface area (Å²) in [5.41, 5.74) is 6.84. The fourth-order valence-electron chi connectivity index (χ4n) is 2.69. The normalized spacial score (nSPS) is 14.8. The molecular weight excluding hydrogens is 277 g/mol. The Morgan fingerprint density at radius 3 is 2.45 bits per heavy atom. The lowest BCUT2D eigenvalue weighted by molar-refractivity contribution is 0.131. The van der Waals surface area contributed by atoms with Crippen molar-refractivity contribution < 1.29 is 4.39 Å². The van der Waals surface area contributed by atoms with E-state index in [1.807, 2.05) is 14.1 Å². The molecule has 3 nitrogen and oxygen atoms in total. The number of likely N-dealkylation sites (N-methyl/N-ethyl adjacent to an activating group) is 2. The van der Waals surface area contributed by atoms with Crippen LogP contribution in [0.15, 0.2) is 18.2 Å². The molecule has 0 bridgehead atoms. The van der Waals surface area contributed by atoms with Crippen LogP contribution in [0.3, 0.4) is 0 Å². The van der Waals surface area contributed by atoms with Gasteiger partial charge in [0, 0.05) is 30.2 Å². The predicted molar refractivity (Wildman–Crippen MR) is 83.6 cm³/mol. The van der Waals surface area contributed by atoms with Crippen LogP contribution in [0.1, 0.15) is 25.5 Å².